The lowest BCUT2D eigenvalue weighted by Crippen LogP contribution is -2.39. The lowest BCUT2D eigenvalue weighted by atomic mass is 10.0. The predicted molar refractivity (Wildman–Crippen MR) is 72.5 cm³/mol. The third-order valence-corrected chi connectivity index (χ3v) is 6.14. The number of sulfone groups is 1. The molecule has 6 heteroatoms. The molecule has 1 fully saturated rings. The van der Waals surface area contributed by atoms with E-state index in [1.54, 1.807) is 6.07 Å². The Bertz CT molecular complexity index is 559. The highest BCUT2D eigenvalue weighted by Gasteiger charge is 2.34. The Morgan fingerprint density at radius 1 is 1.42 bits per heavy atom. The molecule has 0 radical (unpaired) electrons. The molecule has 0 bridgehead atoms. The Balaban J connectivity index is 2.16. The first kappa shape index (κ1) is 14.8. The fraction of sp³-hybridized carbons (Fsp3) is 0.538. The van der Waals surface area contributed by atoms with E-state index in [1.165, 1.54) is 12.1 Å². The number of aliphatic hydroxyl groups excluding tert-OH is 1. The zero-order valence-corrected chi connectivity index (χ0v) is 11.9. The van der Waals surface area contributed by atoms with Gasteiger partial charge >= 0.3 is 0 Å². The number of rotatable bonds is 3. The van der Waals surface area contributed by atoms with Crippen molar-refractivity contribution in [2.45, 2.75) is 37.0 Å². The maximum Gasteiger partial charge on any atom is 0.155 e. The summed E-state index contributed by atoms with van der Waals surface area (Å²) in [4.78, 5) is 0. The van der Waals surface area contributed by atoms with Gasteiger partial charge in [-0.3, -0.25) is 0 Å². The van der Waals surface area contributed by atoms with E-state index in [2.05, 4.69) is 0 Å². The van der Waals surface area contributed by atoms with E-state index in [0.29, 0.717) is 12.8 Å². The van der Waals surface area contributed by atoms with Gasteiger partial charge in [0.05, 0.1) is 22.1 Å². The monoisotopic (exact) mass is 306 g/mol. The van der Waals surface area contributed by atoms with Crippen molar-refractivity contribution in [2.24, 2.45) is 0 Å². The van der Waals surface area contributed by atoms with E-state index in [4.69, 9.17) is 11.6 Å². The van der Waals surface area contributed by atoms with Crippen LogP contribution >= 0.6 is 11.6 Å². The van der Waals surface area contributed by atoms with E-state index in [0.717, 1.165) is 6.42 Å². The molecule has 106 valence electrons. The molecule has 0 aliphatic carbocycles. The normalized spacial score (nSPS) is 24.1. The van der Waals surface area contributed by atoms with Crippen LogP contribution in [0, 0.1) is 5.82 Å². The van der Waals surface area contributed by atoms with Crippen LogP contribution in [-0.2, 0) is 16.3 Å². The third-order valence-electron chi connectivity index (χ3n) is 3.52. The summed E-state index contributed by atoms with van der Waals surface area (Å²) in [5, 5.41) is 9.28. The minimum atomic E-state index is -3.27. The van der Waals surface area contributed by atoms with Crippen LogP contribution in [0.25, 0.3) is 0 Å². The van der Waals surface area contributed by atoms with Gasteiger partial charge in [0.15, 0.2) is 9.84 Å². The van der Waals surface area contributed by atoms with Crippen LogP contribution in [0.5, 0.6) is 0 Å². The minimum Gasteiger partial charge on any atom is -0.391 e. The van der Waals surface area contributed by atoms with E-state index in [-0.39, 0.29) is 22.8 Å². The maximum atomic E-state index is 13.7. The van der Waals surface area contributed by atoms with Gasteiger partial charge in [-0.2, -0.15) is 0 Å². The van der Waals surface area contributed by atoms with Crippen LogP contribution in [0.1, 0.15) is 24.8 Å². The van der Waals surface area contributed by atoms with Crippen molar-refractivity contribution < 1.29 is 17.9 Å². The number of halogens is 2. The van der Waals surface area contributed by atoms with Gasteiger partial charge in [0.1, 0.15) is 5.82 Å². The second kappa shape index (κ2) is 5.77. The highest BCUT2D eigenvalue weighted by Crippen LogP contribution is 2.26. The van der Waals surface area contributed by atoms with Crippen molar-refractivity contribution in [1.29, 1.82) is 0 Å². The molecule has 0 saturated carbocycles. The minimum absolute atomic E-state index is 0.0174. The molecule has 1 N–H and O–H groups in total. The van der Waals surface area contributed by atoms with Crippen LogP contribution in [0.2, 0.25) is 5.02 Å². The predicted octanol–water partition coefficient (Wildman–Crippen LogP) is 2.35. The molecule has 1 saturated heterocycles. The molecule has 2 unspecified atom stereocenters. The molecule has 1 heterocycles. The summed E-state index contributed by atoms with van der Waals surface area (Å²) in [6.07, 6.45) is 0.733. The average Bonchev–Trinajstić information content (AvgIpc) is 2.34. The fourth-order valence-corrected chi connectivity index (χ4v) is 4.68. The van der Waals surface area contributed by atoms with Crippen LogP contribution in [0.15, 0.2) is 18.2 Å². The Labute approximate surface area is 117 Å². The van der Waals surface area contributed by atoms with Crippen molar-refractivity contribution in [3.63, 3.8) is 0 Å². The van der Waals surface area contributed by atoms with Crippen molar-refractivity contribution in [1.82, 2.24) is 0 Å². The number of benzene rings is 1. The van der Waals surface area contributed by atoms with Gasteiger partial charge in [0.25, 0.3) is 0 Å². The summed E-state index contributed by atoms with van der Waals surface area (Å²) in [5.74, 6) is -0.483. The Hall–Kier alpha value is -0.650. The number of hydrogen-bond acceptors (Lipinski definition) is 3. The molecule has 3 nitrogen and oxygen atoms in total. The highest BCUT2D eigenvalue weighted by molar-refractivity contribution is 7.92. The summed E-state index contributed by atoms with van der Waals surface area (Å²) in [6.45, 7) is 0. The van der Waals surface area contributed by atoms with Gasteiger partial charge < -0.3 is 5.11 Å². The molecule has 0 spiro atoms. The summed E-state index contributed by atoms with van der Waals surface area (Å²) >= 11 is 5.66. The SMILES string of the molecule is O=S1(=O)CCCCC1C(O)Cc1cccc(Cl)c1F. The first-order valence-electron chi connectivity index (χ1n) is 6.24. The average molecular weight is 307 g/mol. The van der Waals surface area contributed by atoms with Gasteiger partial charge in [0.2, 0.25) is 0 Å². The molecule has 0 aromatic heterocycles. The molecule has 19 heavy (non-hydrogen) atoms. The molecule has 1 aliphatic heterocycles. The smallest absolute Gasteiger partial charge is 0.155 e. The van der Waals surface area contributed by atoms with Gasteiger partial charge in [-0.1, -0.05) is 30.2 Å². The van der Waals surface area contributed by atoms with E-state index in [1.807, 2.05) is 0 Å². The van der Waals surface area contributed by atoms with Crippen LogP contribution in [0.4, 0.5) is 4.39 Å². The second-order valence-electron chi connectivity index (χ2n) is 4.89. The number of hydrogen-bond donors (Lipinski definition) is 1. The standard InChI is InChI=1S/C13H16ClFO3S/c14-10-5-3-4-9(13(10)15)8-11(16)12-6-1-2-7-19(12,17)18/h3-5,11-12,16H,1-2,6-8H2. The summed E-state index contributed by atoms with van der Waals surface area (Å²) < 4.78 is 37.5. The fourth-order valence-electron chi connectivity index (χ4n) is 2.47. The van der Waals surface area contributed by atoms with Crippen molar-refractivity contribution in [3.8, 4) is 0 Å². The maximum absolute atomic E-state index is 13.7. The van der Waals surface area contributed by atoms with Crippen molar-refractivity contribution in [2.75, 3.05) is 5.75 Å². The molecule has 2 atom stereocenters. The quantitative estimate of drug-likeness (QED) is 0.932. The Morgan fingerprint density at radius 2 is 2.16 bits per heavy atom. The van der Waals surface area contributed by atoms with E-state index < -0.39 is 27.0 Å². The van der Waals surface area contributed by atoms with E-state index in [9.17, 15) is 17.9 Å². The van der Waals surface area contributed by atoms with Crippen LogP contribution < -0.4 is 0 Å². The summed E-state index contributed by atoms with van der Waals surface area (Å²) in [7, 11) is -3.27. The van der Waals surface area contributed by atoms with Gasteiger partial charge in [-0.05, 0) is 24.5 Å². The molecular weight excluding hydrogens is 291 g/mol. The molecule has 1 aromatic rings. The summed E-state index contributed by atoms with van der Waals surface area (Å²) in [5.41, 5.74) is 0.251. The van der Waals surface area contributed by atoms with Crippen LogP contribution in [0.3, 0.4) is 0 Å². The Morgan fingerprint density at radius 3 is 2.84 bits per heavy atom. The van der Waals surface area contributed by atoms with Crippen molar-refractivity contribution >= 4 is 21.4 Å². The molecule has 0 amide bonds. The number of aliphatic hydroxyl groups is 1. The lowest BCUT2D eigenvalue weighted by molar-refractivity contribution is 0.161. The molecule has 1 aromatic carbocycles. The van der Waals surface area contributed by atoms with Crippen molar-refractivity contribution in [3.05, 3.63) is 34.6 Å². The molecule has 1 aliphatic rings. The molecule has 2 rings (SSSR count). The first-order valence-corrected chi connectivity index (χ1v) is 8.33. The zero-order valence-electron chi connectivity index (χ0n) is 10.4. The van der Waals surface area contributed by atoms with Gasteiger partial charge in [-0.15, -0.1) is 0 Å². The second-order valence-corrected chi connectivity index (χ2v) is 7.63. The highest BCUT2D eigenvalue weighted by atomic mass is 35.5. The Kier molecular flexibility index (Phi) is 4.48. The van der Waals surface area contributed by atoms with E-state index >= 15 is 0 Å². The topological polar surface area (TPSA) is 54.4 Å². The largest absolute Gasteiger partial charge is 0.391 e. The zero-order chi connectivity index (χ0) is 14.0. The molecular formula is C13H16ClFO3S. The first-order chi connectivity index (χ1) is 8.92. The van der Waals surface area contributed by atoms with Crippen LogP contribution in [-0.4, -0.2) is 30.6 Å². The third kappa shape index (κ3) is 3.27. The summed E-state index contributed by atoms with van der Waals surface area (Å²) in [6, 6.07) is 4.52. The van der Waals surface area contributed by atoms with Gasteiger partial charge in [-0.25, -0.2) is 12.8 Å². The van der Waals surface area contributed by atoms with Gasteiger partial charge in [0, 0.05) is 6.42 Å². The lowest BCUT2D eigenvalue weighted by Gasteiger charge is -2.26.